The van der Waals surface area contributed by atoms with Gasteiger partial charge in [-0.05, 0) is 17.7 Å². The van der Waals surface area contributed by atoms with Crippen LogP contribution in [0.15, 0.2) is 61.2 Å². The topological polar surface area (TPSA) is 113 Å². The number of rotatable bonds is 7. The van der Waals surface area contributed by atoms with Crippen molar-refractivity contribution in [3.05, 3.63) is 82.4 Å². The van der Waals surface area contributed by atoms with Gasteiger partial charge < -0.3 is 9.47 Å². The maximum Gasteiger partial charge on any atom is 0.338 e. The Morgan fingerprint density at radius 1 is 1.26 bits per heavy atom. The summed E-state index contributed by atoms with van der Waals surface area (Å²) in [7, 11) is 0. The molecule has 0 spiro atoms. The first-order chi connectivity index (χ1) is 15.1. The third kappa shape index (κ3) is 5.11. The average molecular weight is 423 g/mol. The number of carbonyl (C=O) groups is 1. The number of nitrogens with zero attached hydrogens (tertiary/aromatic N) is 5. The van der Waals surface area contributed by atoms with Crippen molar-refractivity contribution in [1.82, 2.24) is 19.7 Å². The summed E-state index contributed by atoms with van der Waals surface area (Å²) in [4.78, 5) is 29.4. The van der Waals surface area contributed by atoms with Crippen molar-refractivity contribution in [2.75, 3.05) is 26.3 Å². The first kappa shape index (κ1) is 20.6. The third-order valence-corrected chi connectivity index (χ3v) is 4.95. The zero-order valence-electron chi connectivity index (χ0n) is 16.7. The van der Waals surface area contributed by atoms with E-state index in [2.05, 4.69) is 27.1 Å². The molecule has 2 heterocycles. The molecular formula is C21H21N5O5. The van der Waals surface area contributed by atoms with Gasteiger partial charge in [-0.25, -0.2) is 14.5 Å². The van der Waals surface area contributed by atoms with Crippen LogP contribution in [0, 0.1) is 10.1 Å². The first-order valence-corrected chi connectivity index (χ1v) is 9.78. The molecule has 160 valence electrons. The van der Waals surface area contributed by atoms with Crippen LogP contribution in [-0.4, -0.2) is 63.0 Å². The molecule has 10 heteroatoms. The van der Waals surface area contributed by atoms with E-state index in [-0.39, 0.29) is 29.6 Å². The second-order valence-corrected chi connectivity index (χ2v) is 7.11. The molecule has 1 aromatic heterocycles. The zero-order chi connectivity index (χ0) is 21.6. The van der Waals surface area contributed by atoms with Gasteiger partial charge in [-0.3, -0.25) is 15.0 Å². The van der Waals surface area contributed by atoms with E-state index in [0.717, 1.165) is 13.1 Å². The second kappa shape index (κ2) is 9.45. The lowest BCUT2D eigenvalue weighted by atomic mass is 10.1. The largest absolute Gasteiger partial charge is 0.459 e. The van der Waals surface area contributed by atoms with Gasteiger partial charge in [0.25, 0.3) is 5.69 Å². The van der Waals surface area contributed by atoms with Gasteiger partial charge in [-0.2, -0.15) is 5.10 Å². The minimum Gasteiger partial charge on any atom is -0.459 e. The molecule has 1 saturated heterocycles. The maximum absolute atomic E-state index is 12.5. The third-order valence-electron chi connectivity index (χ3n) is 4.95. The van der Waals surface area contributed by atoms with Gasteiger partial charge >= 0.3 is 5.97 Å². The molecule has 1 fully saturated rings. The fourth-order valence-electron chi connectivity index (χ4n) is 3.44. The number of morpholine rings is 1. The van der Waals surface area contributed by atoms with Crippen molar-refractivity contribution in [2.45, 2.75) is 12.6 Å². The molecule has 10 nitrogen and oxygen atoms in total. The summed E-state index contributed by atoms with van der Waals surface area (Å²) in [5, 5.41) is 15.4. The highest BCUT2D eigenvalue weighted by molar-refractivity contribution is 5.90. The first-order valence-electron chi connectivity index (χ1n) is 9.78. The predicted molar refractivity (Wildman–Crippen MR) is 110 cm³/mol. The van der Waals surface area contributed by atoms with Crippen molar-refractivity contribution >= 4 is 11.7 Å². The Bertz CT molecular complexity index is 1040. The number of esters is 1. The molecule has 0 saturated carbocycles. The highest BCUT2D eigenvalue weighted by Crippen LogP contribution is 2.24. The van der Waals surface area contributed by atoms with E-state index < -0.39 is 10.9 Å². The van der Waals surface area contributed by atoms with E-state index in [1.807, 2.05) is 18.2 Å². The highest BCUT2D eigenvalue weighted by Gasteiger charge is 2.24. The zero-order valence-corrected chi connectivity index (χ0v) is 16.7. The Morgan fingerprint density at radius 3 is 2.84 bits per heavy atom. The van der Waals surface area contributed by atoms with Crippen molar-refractivity contribution in [3.8, 4) is 5.69 Å². The van der Waals surface area contributed by atoms with Crippen LogP contribution in [0.2, 0.25) is 0 Å². The number of carbonyl (C=O) groups excluding carboxylic acids is 1. The summed E-state index contributed by atoms with van der Waals surface area (Å²) < 4.78 is 12.4. The lowest BCUT2D eigenvalue weighted by Gasteiger charge is -2.32. The number of hydrogen-bond donors (Lipinski definition) is 0. The van der Waals surface area contributed by atoms with Crippen LogP contribution in [-0.2, 0) is 16.0 Å². The summed E-state index contributed by atoms with van der Waals surface area (Å²) in [6.45, 7) is 2.85. The molecule has 1 unspecified atom stereocenters. The van der Waals surface area contributed by atoms with E-state index in [1.54, 1.807) is 0 Å². The van der Waals surface area contributed by atoms with Crippen molar-refractivity contribution in [1.29, 1.82) is 0 Å². The Morgan fingerprint density at radius 2 is 2.10 bits per heavy atom. The molecule has 0 radical (unpaired) electrons. The van der Waals surface area contributed by atoms with Gasteiger partial charge in [0.1, 0.15) is 31.1 Å². The molecule has 0 aliphatic carbocycles. The van der Waals surface area contributed by atoms with E-state index in [4.69, 9.17) is 9.47 Å². The summed E-state index contributed by atoms with van der Waals surface area (Å²) in [6.07, 6.45) is 2.37. The monoisotopic (exact) mass is 423 g/mol. The molecule has 0 bridgehead atoms. The fourth-order valence-corrected chi connectivity index (χ4v) is 3.44. The van der Waals surface area contributed by atoms with Gasteiger partial charge in [-0.1, -0.05) is 30.3 Å². The molecule has 2 aromatic carbocycles. The minimum absolute atomic E-state index is 0.0722. The standard InChI is InChI=1S/C21H21N5O5/c27-21(17-6-7-19(20(10-17)26(28)29)25-15-22-14-23-25)31-13-18-12-24(8-9-30-18)11-16-4-2-1-3-5-16/h1-7,10,14-15,18H,8-9,11-13H2. The molecule has 1 atom stereocenters. The van der Waals surface area contributed by atoms with E-state index in [0.29, 0.717) is 13.2 Å². The molecule has 3 aromatic rings. The second-order valence-electron chi connectivity index (χ2n) is 7.11. The van der Waals surface area contributed by atoms with E-state index >= 15 is 0 Å². The van der Waals surface area contributed by atoms with Crippen LogP contribution in [0.4, 0.5) is 5.69 Å². The van der Waals surface area contributed by atoms with Crippen LogP contribution in [0.5, 0.6) is 0 Å². The number of hydrogen-bond acceptors (Lipinski definition) is 8. The van der Waals surface area contributed by atoms with Crippen molar-refractivity contribution in [3.63, 3.8) is 0 Å². The smallest absolute Gasteiger partial charge is 0.338 e. The van der Waals surface area contributed by atoms with Crippen LogP contribution >= 0.6 is 0 Å². The van der Waals surface area contributed by atoms with Crippen molar-refractivity contribution in [2.24, 2.45) is 0 Å². The molecular weight excluding hydrogens is 402 g/mol. The van der Waals surface area contributed by atoms with Crippen LogP contribution < -0.4 is 0 Å². The molecule has 4 rings (SSSR count). The summed E-state index contributed by atoms with van der Waals surface area (Å²) >= 11 is 0. The van der Waals surface area contributed by atoms with Crippen LogP contribution in [0.1, 0.15) is 15.9 Å². The molecule has 1 aliphatic rings. The number of aromatic nitrogens is 3. The van der Waals surface area contributed by atoms with Gasteiger partial charge in [-0.15, -0.1) is 0 Å². The lowest BCUT2D eigenvalue weighted by Crippen LogP contribution is -2.44. The number of ether oxygens (including phenoxy) is 2. The quantitative estimate of drug-likeness (QED) is 0.323. The Kier molecular flexibility index (Phi) is 6.29. The van der Waals surface area contributed by atoms with Gasteiger partial charge in [0.05, 0.1) is 17.1 Å². The fraction of sp³-hybridized carbons (Fsp3) is 0.286. The van der Waals surface area contributed by atoms with Crippen molar-refractivity contribution < 1.29 is 19.2 Å². The Labute approximate surface area is 178 Å². The Balaban J connectivity index is 1.37. The summed E-state index contributed by atoms with van der Waals surface area (Å²) in [5.41, 5.74) is 1.25. The van der Waals surface area contributed by atoms with Gasteiger partial charge in [0.15, 0.2) is 0 Å². The highest BCUT2D eigenvalue weighted by atomic mass is 16.6. The normalized spacial score (nSPS) is 16.7. The van der Waals surface area contributed by atoms with Crippen LogP contribution in [0.3, 0.4) is 0 Å². The molecule has 0 N–H and O–H groups in total. The van der Waals surface area contributed by atoms with E-state index in [9.17, 15) is 14.9 Å². The molecule has 0 amide bonds. The molecule has 1 aliphatic heterocycles. The SMILES string of the molecule is O=C(OCC1CN(Cc2ccccc2)CCO1)c1ccc(-n2cncn2)c([N+](=O)[O-])c1. The van der Waals surface area contributed by atoms with Crippen LogP contribution in [0.25, 0.3) is 5.69 Å². The number of nitro groups is 1. The maximum atomic E-state index is 12.5. The van der Waals surface area contributed by atoms with Gasteiger partial charge in [0.2, 0.25) is 0 Å². The average Bonchev–Trinajstić information content (AvgIpc) is 3.33. The predicted octanol–water partition coefficient (Wildman–Crippen LogP) is 2.23. The van der Waals surface area contributed by atoms with Gasteiger partial charge in [0, 0.05) is 25.7 Å². The summed E-state index contributed by atoms with van der Waals surface area (Å²) in [6, 6.07) is 14.2. The number of benzene rings is 2. The minimum atomic E-state index is -0.642. The molecule has 31 heavy (non-hydrogen) atoms. The number of nitro benzene ring substituents is 1. The Hall–Kier alpha value is -3.63. The van der Waals surface area contributed by atoms with E-state index in [1.165, 1.54) is 41.1 Å². The lowest BCUT2D eigenvalue weighted by molar-refractivity contribution is -0.384. The summed E-state index contributed by atoms with van der Waals surface area (Å²) in [5.74, 6) is -0.642.